The summed E-state index contributed by atoms with van der Waals surface area (Å²) in [6.07, 6.45) is 2.32. The molecule has 0 spiro atoms. The Morgan fingerprint density at radius 2 is 1.73 bits per heavy atom. The molecule has 0 aliphatic carbocycles. The van der Waals surface area contributed by atoms with E-state index < -0.39 is 0 Å². The van der Waals surface area contributed by atoms with Crippen molar-refractivity contribution >= 4 is 46.7 Å². The van der Waals surface area contributed by atoms with Gasteiger partial charge >= 0.3 is 0 Å². The molecule has 30 heavy (non-hydrogen) atoms. The highest BCUT2D eigenvalue weighted by Gasteiger charge is 2.14. The van der Waals surface area contributed by atoms with Gasteiger partial charge in [-0.15, -0.1) is 0 Å². The van der Waals surface area contributed by atoms with Gasteiger partial charge in [0.05, 0.1) is 11.9 Å². The molecule has 0 atom stereocenters. The van der Waals surface area contributed by atoms with Crippen LogP contribution in [0.2, 0.25) is 5.02 Å². The Bertz CT molecular complexity index is 1020. The third kappa shape index (κ3) is 4.69. The smallest absolute Gasteiger partial charge is 0.229 e. The van der Waals surface area contributed by atoms with Gasteiger partial charge in [0.15, 0.2) is 12.1 Å². The van der Waals surface area contributed by atoms with E-state index in [0.717, 1.165) is 38.2 Å². The lowest BCUT2D eigenvalue weighted by molar-refractivity contribution is 0.112. The first-order valence-corrected chi connectivity index (χ1v) is 10.1. The summed E-state index contributed by atoms with van der Waals surface area (Å²) in [6, 6.07) is 15.4. The first kappa shape index (κ1) is 20.1. The van der Waals surface area contributed by atoms with Crippen LogP contribution in [0, 0.1) is 0 Å². The van der Waals surface area contributed by atoms with E-state index in [9.17, 15) is 4.79 Å². The van der Waals surface area contributed by atoms with Crippen molar-refractivity contribution in [3.8, 4) is 0 Å². The highest BCUT2D eigenvalue weighted by Crippen LogP contribution is 2.27. The lowest BCUT2D eigenvalue weighted by Gasteiger charge is -2.34. The van der Waals surface area contributed by atoms with E-state index in [2.05, 4.69) is 49.6 Å². The zero-order valence-corrected chi connectivity index (χ0v) is 17.4. The zero-order valence-electron chi connectivity index (χ0n) is 16.7. The lowest BCUT2D eigenvalue weighted by atomic mass is 10.2. The molecule has 0 bridgehead atoms. The molecule has 0 radical (unpaired) electrons. The number of hydrogen-bond acceptors (Lipinski definition) is 7. The molecule has 4 rings (SSSR count). The number of anilines is 5. The normalized spacial score (nSPS) is 14.4. The van der Waals surface area contributed by atoms with Gasteiger partial charge in [-0.05, 0) is 43.4 Å². The summed E-state index contributed by atoms with van der Waals surface area (Å²) < 4.78 is 0. The summed E-state index contributed by atoms with van der Waals surface area (Å²) in [5.41, 5.74) is 3.25. The minimum Gasteiger partial charge on any atom is -0.369 e. The molecular weight excluding hydrogens is 400 g/mol. The Labute approximate surface area is 180 Å². The van der Waals surface area contributed by atoms with Gasteiger partial charge < -0.3 is 20.4 Å². The first-order chi connectivity index (χ1) is 14.6. The van der Waals surface area contributed by atoms with Crippen molar-refractivity contribution in [3.63, 3.8) is 0 Å². The predicted octanol–water partition coefficient (Wildman–Crippen LogP) is 4.18. The van der Waals surface area contributed by atoms with Gasteiger partial charge in [-0.1, -0.05) is 23.7 Å². The van der Waals surface area contributed by atoms with Gasteiger partial charge in [-0.2, -0.15) is 4.98 Å². The Hall–Kier alpha value is -3.16. The number of nitrogens with one attached hydrogen (secondary N) is 2. The number of piperazine rings is 1. The molecule has 3 aromatic rings. The maximum atomic E-state index is 11.2. The monoisotopic (exact) mass is 422 g/mol. The second-order valence-electron chi connectivity index (χ2n) is 7.18. The number of carbonyl (C=O) groups excluding carboxylic acids is 1. The van der Waals surface area contributed by atoms with Gasteiger partial charge in [0.2, 0.25) is 5.95 Å². The highest BCUT2D eigenvalue weighted by atomic mass is 35.5. The Morgan fingerprint density at radius 1 is 1.00 bits per heavy atom. The Kier molecular flexibility index (Phi) is 6.11. The maximum Gasteiger partial charge on any atom is 0.229 e. The number of nitrogens with zero attached hydrogens (tertiary/aromatic N) is 4. The third-order valence-corrected chi connectivity index (χ3v) is 5.35. The molecule has 2 heterocycles. The molecule has 154 valence electrons. The second-order valence-corrected chi connectivity index (χ2v) is 7.59. The average molecular weight is 423 g/mol. The number of carbonyl (C=O) groups is 1. The summed E-state index contributed by atoms with van der Waals surface area (Å²) in [5.74, 6) is 0.843. The number of rotatable bonds is 6. The van der Waals surface area contributed by atoms with Crippen LogP contribution in [0.4, 0.5) is 28.8 Å². The zero-order chi connectivity index (χ0) is 20.9. The van der Waals surface area contributed by atoms with E-state index in [0.29, 0.717) is 28.0 Å². The average Bonchev–Trinajstić information content (AvgIpc) is 2.77. The van der Waals surface area contributed by atoms with Crippen molar-refractivity contribution in [1.29, 1.82) is 0 Å². The lowest BCUT2D eigenvalue weighted by Crippen LogP contribution is -2.44. The fourth-order valence-corrected chi connectivity index (χ4v) is 3.44. The van der Waals surface area contributed by atoms with Gasteiger partial charge in [-0.25, -0.2) is 4.98 Å². The van der Waals surface area contributed by atoms with E-state index in [1.807, 2.05) is 18.2 Å². The molecule has 1 aliphatic heterocycles. The van der Waals surface area contributed by atoms with Crippen molar-refractivity contribution in [3.05, 3.63) is 65.3 Å². The van der Waals surface area contributed by atoms with E-state index in [1.165, 1.54) is 11.9 Å². The summed E-state index contributed by atoms with van der Waals surface area (Å²) in [4.78, 5) is 24.7. The van der Waals surface area contributed by atoms with Crippen LogP contribution in [0.3, 0.4) is 0 Å². The van der Waals surface area contributed by atoms with Crippen LogP contribution in [0.25, 0.3) is 0 Å². The number of para-hydroxylation sites is 1. The van der Waals surface area contributed by atoms with E-state index in [-0.39, 0.29) is 0 Å². The number of hydrogen-bond donors (Lipinski definition) is 2. The molecule has 7 nitrogen and oxygen atoms in total. The Morgan fingerprint density at radius 3 is 2.47 bits per heavy atom. The molecule has 8 heteroatoms. The summed E-state index contributed by atoms with van der Waals surface area (Å²) in [5, 5.41) is 6.68. The van der Waals surface area contributed by atoms with Crippen LogP contribution in [-0.2, 0) is 0 Å². The van der Waals surface area contributed by atoms with Crippen LogP contribution in [0.5, 0.6) is 0 Å². The standard InChI is InChI=1S/C22H23ClN6O/c1-28-10-12-29(13-11-28)18-8-6-17(7-9-18)25-22-24-14-19(23)21(27-22)26-20-5-3-2-4-16(20)15-30/h2-9,14-15H,10-13H2,1H3,(H2,24,25,26,27). The predicted molar refractivity (Wildman–Crippen MR) is 122 cm³/mol. The summed E-state index contributed by atoms with van der Waals surface area (Å²) in [6.45, 7) is 4.20. The second kappa shape index (κ2) is 9.11. The molecule has 0 saturated carbocycles. The molecule has 0 unspecified atom stereocenters. The van der Waals surface area contributed by atoms with E-state index in [4.69, 9.17) is 11.6 Å². The minimum atomic E-state index is 0.367. The first-order valence-electron chi connectivity index (χ1n) is 9.77. The van der Waals surface area contributed by atoms with Gasteiger partial charge in [0.25, 0.3) is 0 Å². The number of aldehydes is 1. The summed E-state index contributed by atoms with van der Waals surface area (Å²) in [7, 11) is 2.15. The number of likely N-dealkylation sites (N-methyl/N-ethyl adjacent to an activating group) is 1. The number of aromatic nitrogens is 2. The van der Waals surface area contributed by atoms with Crippen molar-refractivity contribution in [1.82, 2.24) is 14.9 Å². The summed E-state index contributed by atoms with van der Waals surface area (Å²) >= 11 is 6.25. The van der Waals surface area contributed by atoms with Crippen molar-refractivity contribution in [2.75, 3.05) is 48.8 Å². The van der Waals surface area contributed by atoms with Crippen molar-refractivity contribution in [2.24, 2.45) is 0 Å². The molecule has 2 N–H and O–H groups in total. The largest absolute Gasteiger partial charge is 0.369 e. The maximum absolute atomic E-state index is 11.2. The molecule has 1 aromatic heterocycles. The molecule has 0 amide bonds. The van der Waals surface area contributed by atoms with Crippen molar-refractivity contribution in [2.45, 2.75) is 0 Å². The fourth-order valence-electron chi connectivity index (χ4n) is 3.31. The molecule has 1 aliphatic rings. The molecule has 2 aromatic carbocycles. The quantitative estimate of drug-likeness (QED) is 0.577. The SMILES string of the molecule is CN1CCN(c2ccc(Nc3ncc(Cl)c(Nc4ccccc4C=O)n3)cc2)CC1. The van der Waals surface area contributed by atoms with Gasteiger partial charge in [0.1, 0.15) is 5.02 Å². The van der Waals surface area contributed by atoms with Crippen LogP contribution in [0.1, 0.15) is 10.4 Å². The van der Waals surface area contributed by atoms with Crippen molar-refractivity contribution < 1.29 is 4.79 Å². The molecule has 1 fully saturated rings. The minimum absolute atomic E-state index is 0.367. The van der Waals surface area contributed by atoms with Crippen LogP contribution < -0.4 is 15.5 Å². The van der Waals surface area contributed by atoms with E-state index in [1.54, 1.807) is 18.2 Å². The molecule has 1 saturated heterocycles. The highest BCUT2D eigenvalue weighted by molar-refractivity contribution is 6.33. The van der Waals surface area contributed by atoms with E-state index >= 15 is 0 Å². The topological polar surface area (TPSA) is 73.4 Å². The van der Waals surface area contributed by atoms with Gasteiger partial charge in [0, 0.05) is 43.1 Å². The molecular formula is C22H23ClN6O. The van der Waals surface area contributed by atoms with Gasteiger partial charge in [-0.3, -0.25) is 4.79 Å². The number of benzene rings is 2. The van der Waals surface area contributed by atoms with Crippen LogP contribution >= 0.6 is 11.6 Å². The number of halogens is 1. The fraction of sp³-hybridized carbons (Fsp3) is 0.227. The van der Waals surface area contributed by atoms with Crippen LogP contribution in [0.15, 0.2) is 54.7 Å². The Balaban J connectivity index is 1.47. The van der Waals surface area contributed by atoms with Crippen LogP contribution in [-0.4, -0.2) is 54.4 Å². The third-order valence-electron chi connectivity index (χ3n) is 5.08.